The second kappa shape index (κ2) is 3.35. The molecule has 0 aliphatic carbocycles. The van der Waals surface area contributed by atoms with Crippen LogP contribution in [0, 0.1) is 11.3 Å². The Hall–Kier alpha value is -2.81. The van der Waals surface area contributed by atoms with Crippen LogP contribution in [0.25, 0.3) is 22.4 Å². The molecule has 2 heterocycles. The fourth-order valence-corrected chi connectivity index (χ4v) is 1.65. The molecule has 2 N–H and O–H groups in total. The van der Waals surface area contributed by atoms with E-state index in [0.717, 1.165) is 5.56 Å². The lowest BCUT2D eigenvalue weighted by atomic mass is 10.1. The Balaban J connectivity index is 2.17. The zero-order valence-corrected chi connectivity index (χ0v) is 8.52. The number of hydrogen-bond acceptors (Lipinski definition) is 4. The minimum Gasteiger partial charge on any atom is -0.408 e. The Kier molecular flexibility index (Phi) is 1.86. The lowest BCUT2D eigenvalue weighted by molar-refractivity contribution is 0.555. The number of fused-ring (bicyclic) bond motifs is 1. The summed E-state index contributed by atoms with van der Waals surface area (Å²) in [5.41, 5.74) is 2.97. The SMILES string of the molecule is N#Cc1cc(-c2ccc3oc(=O)[nH]c3c2)[nH]n1. The Morgan fingerprint density at radius 2 is 2.24 bits per heavy atom. The van der Waals surface area contributed by atoms with Crippen LogP contribution in [-0.2, 0) is 0 Å². The third kappa shape index (κ3) is 1.50. The van der Waals surface area contributed by atoms with E-state index in [1.807, 2.05) is 6.07 Å². The van der Waals surface area contributed by atoms with E-state index < -0.39 is 5.76 Å². The number of nitriles is 1. The van der Waals surface area contributed by atoms with Crippen molar-refractivity contribution in [3.8, 4) is 17.3 Å². The molecule has 0 atom stereocenters. The predicted molar refractivity (Wildman–Crippen MR) is 59.1 cm³/mol. The number of nitrogens with one attached hydrogen (secondary N) is 2. The highest BCUT2D eigenvalue weighted by Crippen LogP contribution is 2.21. The quantitative estimate of drug-likeness (QED) is 0.654. The molecule has 0 unspecified atom stereocenters. The first-order valence-electron chi connectivity index (χ1n) is 4.85. The van der Waals surface area contributed by atoms with E-state index in [-0.39, 0.29) is 0 Å². The number of nitrogens with zero attached hydrogens (tertiary/aromatic N) is 2. The standard InChI is InChI=1S/C11H6N4O2/c12-5-7-4-8(15-14-7)6-1-2-10-9(3-6)13-11(16)17-10/h1-4H,(H,13,16)(H,14,15). The molecule has 0 bridgehead atoms. The Morgan fingerprint density at radius 3 is 3.00 bits per heavy atom. The van der Waals surface area contributed by atoms with Crippen molar-refractivity contribution in [2.75, 3.05) is 0 Å². The van der Waals surface area contributed by atoms with Crippen LogP contribution in [0.4, 0.5) is 0 Å². The van der Waals surface area contributed by atoms with Crippen molar-refractivity contribution in [1.29, 1.82) is 5.26 Å². The summed E-state index contributed by atoms with van der Waals surface area (Å²) in [6.45, 7) is 0. The second-order valence-electron chi connectivity index (χ2n) is 3.50. The third-order valence-electron chi connectivity index (χ3n) is 2.42. The van der Waals surface area contributed by atoms with Crippen molar-refractivity contribution < 1.29 is 4.42 Å². The van der Waals surface area contributed by atoms with Gasteiger partial charge in [-0.15, -0.1) is 0 Å². The van der Waals surface area contributed by atoms with Crippen LogP contribution in [0.1, 0.15) is 5.69 Å². The van der Waals surface area contributed by atoms with Gasteiger partial charge in [-0.2, -0.15) is 10.4 Å². The molecule has 2 aromatic heterocycles. The predicted octanol–water partition coefficient (Wildman–Crippen LogP) is 1.38. The van der Waals surface area contributed by atoms with Gasteiger partial charge in [0.2, 0.25) is 0 Å². The third-order valence-corrected chi connectivity index (χ3v) is 2.42. The Morgan fingerprint density at radius 1 is 1.35 bits per heavy atom. The summed E-state index contributed by atoms with van der Waals surface area (Å²) in [5.74, 6) is -0.487. The summed E-state index contributed by atoms with van der Waals surface area (Å²) < 4.78 is 4.90. The van der Waals surface area contributed by atoms with Gasteiger partial charge in [-0.3, -0.25) is 10.1 Å². The number of aromatic amines is 2. The number of H-pyrrole nitrogens is 2. The summed E-state index contributed by atoms with van der Waals surface area (Å²) in [7, 11) is 0. The number of aromatic nitrogens is 3. The van der Waals surface area contributed by atoms with Crippen LogP contribution in [0.2, 0.25) is 0 Å². The summed E-state index contributed by atoms with van der Waals surface area (Å²) in [6, 6.07) is 8.81. The second-order valence-corrected chi connectivity index (χ2v) is 3.50. The van der Waals surface area contributed by atoms with Gasteiger partial charge in [0.15, 0.2) is 11.3 Å². The van der Waals surface area contributed by atoms with Crippen molar-refractivity contribution in [1.82, 2.24) is 15.2 Å². The minimum atomic E-state index is -0.487. The molecule has 0 amide bonds. The molecule has 0 radical (unpaired) electrons. The van der Waals surface area contributed by atoms with E-state index >= 15 is 0 Å². The van der Waals surface area contributed by atoms with Gasteiger partial charge in [-0.05, 0) is 18.2 Å². The van der Waals surface area contributed by atoms with Gasteiger partial charge in [0.1, 0.15) is 6.07 Å². The molecular formula is C11H6N4O2. The van der Waals surface area contributed by atoms with E-state index in [2.05, 4.69) is 15.2 Å². The molecule has 0 saturated carbocycles. The molecular weight excluding hydrogens is 220 g/mol. The van der Waals surface area contributed by atoms with Gasteiger partial charge in [0.25, 0.3) is 0 Å². The maximum atomic E-state index is 11.0. The van der Waals surface area contributed by atoms with Crippen molar-refractivity contribution in [2.24, 2.45) is 0 Å². The van der Waals surface area contributed by atoms with Gasteiger partial charge in [0.05, 0.1) is 11.2 Å². The molecule has 0 aliphatic heterocycles. The van der Waals surface area contributed by atoms with Crippen LogP contribution >= 0.6 is 0 Å². The van der Waals surface area contributed by atoms with E-state index in [0.29, 0.717) is 22.5 Å². The van der Waals surface area contributed by atoms with Gasteiger partial charge < -0.3 is 4.42 Å². The normalized spacial score (nSPS) is 10.5. The first-order chi connectivity index (χ1) is 8.26. The number of oxazole rings is 1. The number of benzene rings is 1. The Labute approximate surface area is 94.5 Å². The molecule has 82 valence electrons. The Bertz CT molecular complexity index is 788. The fourth-order valence-electron chi connectivity index (χ4n) is 1.65. The molecule has 17 heavy (non-hydrogen) atoms. The largest absolute Gasteiger partial charge is 0.417 e. The van der Waals surface area contributed by atoms with Crippen LogP contribution < -0.4 is 5.76 Å². The number of hydrogen-bond donors (Lipinski definition) is 2. The average molecular weight is 226 g/mol. The van der Waals surface area contributed by atoms with Crippen molar-refractivity contribution in [3.63, 3.8) is 0 Å². The van der Waals surface area contributed by atoms with Crippen molar-refractivity contribution in [2.45, 2.75) is 0 Å². The molecule has 6 heteroatoms. The molecule has 3 aromatic rings. The highest BCUT2D eigenvalue weighted by atomic mass is 16.4. The van der Waals surface area contributed by atoms with E-state index in [4.69, 9.17) is 9.68 Å². The monoisotopic (exact) mass is 226 g/mol. The van der Waals surface area contributed by atoms with Crippen LogP contribution in [-0.4, -0.2) is 15.2 Å². The fraction of sp³-hybridized carbons (Fsp3) is 0. The van der Waals surface area contributed by atoms with E-state index in [9.17, 15) is 4.79 Å². The molecule has 0 spiro atoms. The molecule has 0 fully saturated rings. The van der Waals surface area contributed by atoms with Gasteiger partial charge in [0, 0.05) is 11.6 Å². The molecule has 3 rings (SSSR count). The highest BCUT2D eigenvalue weighted by molar-refractivity contribution is 5.79. The maximum absolute atomic E-state index is 11.0. The maximum Gasteiger partial charge on any atom is 0.417 e. The van der Waals surface area contributed by atoms with Gasteiger partial charge in [-0.25, -0.2) is 4.79 Å². The van der Waals surface area contributed by atoms with Crippen LogP contribution in [0.3, 0.4) is 0 Å². The van der Waals surface area contributed by atoms with Crippen molar-refractivity contribution >= 4 is 11.1 Å². The lowest BCUT2D eigenvalue weighted by Gasteiger charge is -1.95. The molecule has 0 aliphatic rings. The van der Waals surface area contributed by atoms with Crippen LogP contribution in [0.5, 0.6) is 0 Å². The van der Waals surface area contributed by atoms with E-state index in [1.54, 1.807) is 24.3 Å². The van der Waals surface area contributed by atoms with Gasteiger partial charge >= 0.3 is 5.76 Å². The summed E-state index contributed by atoms with van der Waals surface area (Å²) in [4.78, 5) is 13.6. The van der Waals surface area contributed by atoms with Crippen molar-refractivity contribution in [3.05, 3.63) is 40.5 Å². The molecule has 0 saturated heterocycles. The van der Waals surface area contributed by atoms with E-state index in [1.165, 1.54) is 0 Å². The highest BCUT2D eigenvalue weighted by Gasteiger charge is 2.06. The molecule has 6 nitrogen and oxygen atoms in total. The topological polar surface area (TPSA) is 98.5 Å². The summed E-state index contributed by atoms with van der Waals surface area (Å²) >= 11 is 0. The number of rotatable bonds is 1. The first-order valence-corrected chi connectivity index (χ1v) is 4.85. The smallest absolute Gasteiger partial charge is 0.408 e. The van der Waals surface area contributed by atoms with Crippen LogP contribution in [0.15, 0.2) is 33.5 Å². The van der Waals surface area contributed by atoms with Gasteiger partial charge in [-0.1, -0.05) is 0 Å². The molecule has 1 aromatic carbocycles. The lowest BCUT2D eigenvalue weighted by Crippen LogP contribution is -1.92. The zero-order valence-electron chi connectivity index (χ0n) is 8.52. The summed E-state index contributed by atoms with van der Waals surface area (Å²) in [6.07, 6.45) is 0. The first kappa shape index (κ1) is 9.42. The average Bonchev–Trinajstić information content (AvgIpc) is 2.92. The minimum absolute atomic E-state index is 0.320. The zero-order chi connectivity index (χ0) is 11.8. The summed E-state index contributed by atoms with van der Waals surface area (Å²) in [5, 5.41) is 15.2.